The molecule has 1 heterocycles. The van der Waals surface area contributed by atoms with E-state index in [1.807, 2.05) is 48.7 Å². The van der Waals surface area contributed by atoms with Crippen LogP contribution in [0.25, 0.3) is 22.6 Å². The lowest BCUT2D eigenvalue weighted by Crippen LogP contribution is -1.80. The third-order valence-corrected chi connectivity index (χ3v) is 3.31. The molecule has 1 N–H and O–H groups in total. The van der Waals surface area contributed by atoms with Gasteiger partial charge in [0.2, 0.25) is 0 Å². The highest BCUT2D eigenvalue weighted by molar-refractivity contribution is 9.10. The Morgan fingerprint density at radius 1 is 0.833 bits per heavy atom. The molecule has 2 nitrogen and oxygen atoms in total. The zero-order chi connectivity index (χ0) is 12.4. The number of imidazole rings is 1. The second-order valence-electron chi connectivity index (χ2n) is 4.02. The number of H-pyrrole nitrogens is 1. The molecule has 3 aromatic rings. The molecule has 3 rings (SSSR count). The molecule has 0 radical (unpaired) electrons. The van der Waals surface area contributed by atoms with Crippen LogP contribution in [0, 0.1) is 0 Å². The minimum absolute atomic E-state index is 0.890. The van der Waals surface area contributed by atoms with Crippen molar-refractivity contribution in [2.45, 2.75) is 0 Å². The van der Waals surface area contributed by atoms with Crippen molar-refractivity contribution in [3.05, 3.63) is 65.3 Å². The Hall–Kier alpha value is -1.87. The second-order valence-corrected chi connectivity index (χ2v) is 4.93. The normalized spacial score (nSPS) is 10.5. The lowest BCUT2D eigenvalue weighted by molar-refractivity contribution is 1.31. The molecule has 0 saturated carbocycles. The van der Waals surface area contributed by atoms with E-state index < -0.39 is 0 Å². The number of rotatable bonds is 2. The largest absolute Gasteiger partial charge is 0.338 e. The summed E-state index contributed by atoms with van der Waals surface area (Å²) in [4.78, 5) is 7.76. The van der Waals surface area contributed by atoms with Crippen molar-refractivity contribution < 1.29 is 0 Å². The van der Waals surface area contributed by atoms with Crippen LogP contribution in [0.5, 0.6) is 0 Å². The highest BCUT2D eigenvalue weighted by Gasteiger charge is 2.04. The van der Waals surface area contributed by atoms with Crippen LogP contribution in [0.15, 0.2) is 65.3 Å². The van der Waals surface area contributed by atoms with E-state index in [0.717, 1.165) is 27.1 Å². The molecule has 0 spiro atoms. The molecule has 0 aliphatic heterocycles. The first-order chi connectivity index (χ1) is 8.83. The van der Waals surface area contributed by atoms with Gasteiger partial charge in [-0.3, -0.25) is 0 Å². The maximum atomic E-state index is 4.42. The predicted octanol–water partition coefficient (Wildman–Crippen LogP) is 4.51. The van der Waals surface area contributed by atoms with Crippen LogP contribution in [-0.4, -0.2) is 9.97 Å². The Labute approximate surface area is 114 Å². The molecule has 0 fully saturated rings. The number of aromatic nitrogens is 2. The Kier molecular flexibility index (Phi) is 2.99. The average Bonchev–Trinajstić information content (AvgIpc) is 2.90. The Morgan fingerprint density at radius 3 is 2.28 bits per heavy atom. The summed E-state index contributed by atoms with van der Waals surface area (Å²) in [6, 6.07) is 18.3. The first kappa shape index (κ1) is 11.2. The monoisotopic (exact) mass is 298 g/mol. The first-order valence-electron chi connectivity index (χ1n) is 5.69. The van der Waals surface area contributed by atoms with Crippen molar-refractivity contribution in [3.8, 4) is 22.6 Å². The van der Waals surface area contributed by atoms with E-state index in [0.29, 0.717) is 0 Å². The molecule has 2 aromatic carbocycles. The molecule has 0 aliphatic carbocycles. The highest BCUT2D eigenvalue weighted by Crippen LogP contribution is 2.23. The lowest BCUT2D eigenvalue weighted by Gasteiger charge is -1.98. The van der Waals surface area contributed by atoms with Gasteiger partial charge < -0.3 is 4.98 Å². The fourth-order valence-electron chi connectivity index (χ4n) is 1.84. The maximum Gasteiger partial charge on any atom is 0.137 e. The number of nitrogens with one attached hydrogen (secondary N) is 1. The lowest BCUT2D eigenvalue weighted by atomic mass is 10.2. The minimum atomic E-state index is 0.890. The predicted molar refractivity (Wildman–Crippen MR) is 77.2 cm³/mol. The average molecular weight is 299 g/mol. The number of hydrogen-bond acceptors (Lipinski definition) is 1. The number of benzene rings is 2. The van der Waals surface area contributed by atoms with Crippen LogP contribution in [0.3, 0.4) is 0 Å². The van der Waals surface area contributed by atoms with Crippen molar-refractivity contribution in [2.24, 2.45) is 0 Å². The third-order valence-electron chi connectivity index (χ3n) is 2.78. The highest BCUT2D eigenvalue weighted by atomic mass is 79.9. The van der Waals surface area contributed by atoms with Crippen LogP contribution in [-0.2, 0) is 0 Å². The summed E-state index contributed by atoms with van der Waals surface area (Å²) in [5, 5.41) is 0. The van der Waals surface area contributed by atoms with Crippen LogP contribution >= 0.6 is 15.9 Å². The van der Waals surface area contributed by atoms with E-state index in [1.165, 1.54) is 0 Å². The van der Waals surface area contributed by atoms with E-state index in [2.05, 4.69) is 38.0 Å². The second kappa shape index (κ2) is 4.78. The van der Waals surface area contributed by atoms with E-state index in [-0.39, 0.29) is 0 Å². The molecule has 0 amide bonds. The van der Waals surface area contributed by atoms with Gasteiger partial charge in [-0.25, -0.2) is 4.98 Å². The van der Waals surface area contributed by atoms with Crippen LogP contribution < -0.4 is 0 Å². The van der Waals surface area contributed by atoms with Crippen LogP contribution in [0.1, 0.15) is 0 Å². The van der Waals surface area contributed by atoms with Gasteiger partial charge in [0.25, 0.3) is 0 Å². The fraction of sp³-hybridized carbons (Fsp3) is 0. The Bertz CT molecular complexity index is 642. The molecular formula is C15H11BrN2. The van der Waals surface area contributed by atoms with Gasteiger partial charge in [-0.15, -0.1) is 0 Å². The number of halogens is 1. The van der Waals surface area contributed by atoms with Crippen molar-refractivity contribution in [3.63, 3.8) is 0 Å². The molecule has 1 aromatic heterocycles. The molecule has 0 saturated heterocycles. The van der Waals surface area contributed by atoms with Gasteiger partial charge in [-0.2, -0.15) is 0 Å². The van der Waals surface area contributed by atoms with Crippen molar-refractivity contribution in [1.29, 1.82) is 0 Å². The third kappa shape index (κ3) is 2.22. The minimum Gasteiger partial charge on any atom is -0.338 e. The summed E-state index contributed by atoms with van der Waals surface area (Å²) in [7, 11) is 0. The molecule has 0 unspecified atom stereocenters. The maximum absolute atomic E-state index is 4.42. The van der Waals surface area contributed by atoms with Crippen molar-refractivity contribution in [2.75, 3.05) is 0 Å². The topological polar surface area (TPSA) is 28.7 Å². The van der Waals surface area contributed by atoms with E-state index in [1.54, 1.807) is 0 Å². The van der Waals surface area contributed by atoms with E-state index in [9.17, 15) is 0 Å². The zero-order valence-electron chi connectivity index (χ0n) is 9.60. The zero-order valence-corrected chi connectivity index (χ0v) is 11.2. The van der Waals surface area contributed by atoms with Crippen LogP contribution in [0.2, 0.25) is 0 Å². The summed E-state index contributed by atoms with van der Waals surface area (Å²) < 4.78 is 1.07. The molecule has 0 aliphatic rings. The Balaban J connectivity index is 1.97. The number of hydrogen-bond donors (Lipinski definition) is 1. The Morgan fingerprint density at radius 2 is 1.56 bits per heavy atom. The molecule has 88 valence electrons. The van der Waals surface area contributed by atoms with Crippen molar-refractivity contribution >= 4 is 15.9 Å². The smallest absolute Gasteiger partial charge is 0.137 e. The van der Waals surface area contributed by atoms with Gasteiger partial charge in [0.15, 0.2) is 0 Å². The number of aromatic amines is 1. The summed E-state index contributed by atoms with van der Waals surface area (Å²) in [6.45, 7) is 0. The van der Waals surface area contributed by atoms with Gasteiger partial charge in [0, 0.05) is 10.0 Å². The summed E-state index contributed by atoms with van der Waals surface area (Å²) in [5.41, 5.74) is 3.27. The summed E-state index contributed by atoms with van der Waals surface area (Å²) in [5.74, 6) is 0.890. The van der Waals surface area contributed by atoms with Gasteiger partial charge >= 0.3 is 0 Å². The molecular weight excluding hydrogens is 288 g/mol. The first-order valence-corrected chi connectivity index (χ1v) is 6.48. The fourth-order valence-corrected chi connectivity index (χ4v) is 2.10. The summed E-state index contributed by atoms with van der Waals surface area (Å²) >= 11 is 3.43. The van der Waals surface area contributed by atoms with Gasteiger partial charge in [-0.05, 0) is 17.7 Å². The standard InChI is InChI=1S/C15H11BrN2/c16-13-8-6-12(7-9-13)15-17-10-14(18-15)11-4-2-1-3-5-11/h1-10H,(H,17,18). The molecule has 3 heteroatoms. The van der Waals surface area contributed by atoms with Gasteiger partial charge in [-0.1, -0.05) is 58.4 Å². The van der Waals surface area contributed by atoms with Crippen LogP contribution in [0.4, 0.5) is 0 Å². The van der Waals surface area contributed by atoms with Gasteiger partial charge in [0.1, 0.15) is 5.82 Å². The summed E-state index contributed by atoms with van der Waals surface area (Å²) in [6.07, 6.45) is 1.87. The molecule has 0 atom stereocenters. The van der Waals surface area contributed by atoms with E-state index >= 15 is 0 Å². The van der Waals surface area contributed by atoms with Crippen molar-refractivity contribution in [1.82, 2.24) is 9.97 Å². The molecule has 0 bridgehead atoms. The quantitative estimate of drug-likeness (QED) is 0.741. The van der Waals surface area contributed by atoms with Gasteiger partial charge in [0.05, 0.1) is 11.9 Å². The molecule has 18 heavy (non-hydrogen) atoms. The van der Waals surface area contributed by atoms with E-state index in [4.69, 9.17) is 0 Å². The number of nitrogens with zero attached hydrogens (tertiary/aromatic N) is 1. The SMILES string of the molecule is Brc1ccc(-c2ncc(-c3ccccc3)[nH]2)cc1.